The predicted molar refractivity (Wildman–Crippen MR) is 73.7 cm³/mol. The second-order valence-electron chi connectivity index (χ2n) is 4.95. The number of ether oxygens (including phenoxy) is 1. The first-order chi connectivity index (χ1) is 9.98. The number of epoxide rings is 1. The van der Waals surface area contributed by atoms with E-state index in [9.17, 15) is 13.2 Å². The number of alkyl halides is 3. The molecule has 108 valence electrons. The molecule has 1 aliphatic heterocycles. The van der Waals surface area contributed by atoms with Crippen LogP contribution < -0.4 is 0 Å². The second-order valence-corrected chi connectivity index (χ2v) is 4.95. The van der Waals surface area contributed by atoms with Gasteiger partial charge in [0, 0.05) is 0 Å². The lowest BCUT2D eigenvalue weighted by Crippen LogP contribution is -2.38. The van der Waals surface area contributed by atoms with Crippen molar-refractivity contribution in [2.24, 2.45) is 0 Å². The summed E-state index contributed by atoms with van der Waals surface area (Å²) in [5.41, 5.74) is -3.01. The average molecular weight is 290 g/mol. The number of benzene rings is 2. The van der Waals surface area contributed by atoms with Crippen molar-refractivity contribution >= 4 is 0 Å². The average Bonchev–Trinajstić information content (AvgIpc) is 3.21. The first kappa shape index (κ1) is 13.9. The molecule has 0 saturated carbocycles. The first-order valence-electron chi connectivity index (χ1n) is 6.49. The Hall–Kier alpha value is -2.07. The zero-order valence-electron chi connectivity index (χ0n) is 11.1. The molecule has 1 heterocycles. The van der Waals surface area contributed by atoms with Gasteiger partial charge in [0.05, 0.1) is 0 Å². The van der Waals surface area contributed by atoms with E-state index in [1.807, 2.05) is 0 Å². The Balaban J connectivity index is 2.23. The minimum Gasteiger partial charge on any atom is -0.338 e. The molecule has 4 heteroatoms. The van der Waals surface area contributed by atoms with Crippen molar-refractivity contribution in [3.05, 3.63) is 84.4 Å². The molecule has 1 aliphatic rings. The van der Waals surface area contributed by atoms with E-state index in [2.05, 4.69) is 6.58 Å². The smallest absolute Gasteiger partial charge is 0.338 e. The molecular formula is C17H13F3O. The minimum atomic E-state index is -4.54. The lowest BCUT2D eigenvalue weighted by Gasteiger charge is -2.21. The van der Waals surface area contributed by atoms with Gasteiger partial charge in [-0.2, -0.15) is 13.2 Å². The molecule has 0 N–H and O–H groups in total. The van der Waals surface area contributed by atoms with Crippen LogP contribution in [0, 0.1) is 0 Å². The normalized spacial score (nSPS) is 23.6. The van der Waals surface area contributed by atoms with E-state index in [1.54, 1.807) is 60.7 Å². The largest absolute Gasteiger partial charge is 0.424 e. The third-order valence-electron chi connectivity index (χ3n) is 3.86. The maximum atomic E-state index is 13.6. The summed E-state index contributed by atoms with van der Waals surface area (Å²) in [6, 6.07) is 16.9. The van der Waals surface area contributed by atoms with Gasteiger partial charge in [0.25, 0.3) is 0 Å². The quantitative estimate of drug-likeness (QED) is 0.601. The monoisotopic (exact) mass is 290 g/mol. The van der Waals surface area contributed by atoms with E-state index in [0.717, 1.165) is 6.08 Å². The van der Waals surface area contributed by atoms with Crippen LogP contribution in [-0.4, -0.2) is 11.8 Å². The SMILES string of the molecule is C=CC1(C(F)(F)F)OC1(c1ccccc1)c1ccccc1. The summed E-state index contributed by atoms with van der Waals surface area (Å²) in [5.74, 6) is 0. The number of hydrogen-bond acceptors (Lipinski definition) is 1. The summed E-state index contributed by atoms with van der Waals surface area (Å²) < 4.78 is 46.0. The van der Waals surface area contributed by atoms with Gasteiger partial charge in [-0.25, -0.2) is 0 Å². The molecule has 0 aliphatic carbocycles. The summed E-state index contributed by atoms with van der Waals surface area (Å²) in [7, 11) is 0. The fourth-order valence-electron chi connectivity index (χ4n) is 2.83. The molecule has 0 radical (unpaired) electrons. The third-order valence-corrected chi connectivity index (χ3v) is 3.86. The number of hydrogen-bond donors (Lipinski definition) is 0. The van der Waals surface area contributed by atoms with Crippen LogP contribution in [0.2, 0.25) is 0 Å². The van der Waals surface area contributed by atoms with E-state index in [4.69, 9.17) is 4.74 Å². The Morgan fingerprint density at radius 3 is 1.57 bits per heavy atom. The van der Waals surface area contributed by atoms with Gasteiger partial charge in [-0.15, -0.1) is 0 Å². The Bertz CT molecular complexity index is 609. The highest BCUT2D eigenvalue weighted by molar-refractivity contribution is 5.50. The molecule has 1 nitrogen and oxygen atoms in total. The van der Waals surface area contributed by atoms with Gasteiger partial charge in [-0.05, 0) is 17.2 Å². The van der Waals surface area contributed by atoms with Gasteiger partial charge in [0.15, 0.2) is 5.60 Å². The Morgan fingerprint density at radius 2 is 1.29 bits per heavy atom. The highest BCUT2D eigenvalue weighted by Crippen LogP contribution is 2.66. The Morgan fingerprint density at radius 1 is 0.857 bits per heavy atom. The molecule has 21 heavy (non-hydrogen) atoms. The van der Waals surface area contributed by atoms with Crippen molar-refractivity contribution in [1.29, 1.82) is 0 Å². The molecule has 0 spiro atoms. The van der Waals surface area contributed by atoms with Crippen LogP contribution in [0.15, 0.2) is 73.3 Å². The summed E-state index contributed by atoms with van der Waals surface area (Å²) in [6.45, 7) is 3.36. The van der Waals surface area contributed by atoms with Crippen molar-refractivity contribution in [3.8, 4) is 0 Å². The van der Waals surface area contributed by atoms with Crippen LogP contribution in [0.5, 0.6) is 0 Å². The fourth-order valence-corrected chi connectivity index (χ4v) is 2.83. The molecule has 0 aromatic heterocycles. The maximum absolute atomic E-state index is 13.6. The Kier molecular flexibility index (Phi) is 2.95. The van der Waals surface area contributed by atoms with E-state index < -0.39 is 17.4 Å². The molecule has 1 fully saturated rings. The van der Waals surface area contributed by atoms with Crippen molar-refractivity contribution in [1.82, 2.24) is 0 Å². The zero-order valence-corrected chi connectivity index (χ0v) is 11.1. The predicted octanol–water partition coefficient (Wildman–Crippen LogP) is 4.45. The lowest BCUT2D eigenvalue weighted by molar-refractivity contribution is -0.170. The molecular weight excluding hydrogens is 277 g/mol. The second kappa shape index (κ2) is 4.46. The molecule has 1 atom stereocenters. The number of halogens is 3. The molecule has 1 unspecified atom stereocenters. The van der Waals surface area contributed by atoms with E-state index in [-0.39, 0.29) is 0 Å². The van der Waals surface area contributed by atoms with Gasteiger partial charge in [0.1, 0.15) is 0 Å². The van der Waals surface area contributed by atoms with Gasteiger partial charge >= 0.3 is 6.18 Å². The molecule has 2 aromatic carbocycles. The molecule has 0 bridgehead atoms. The van der Waals surface area contributed by atoms with E-state index >= 15 is 0 Å². The van der Waals surface area contributed by atoms with Crippen LogP contribution >= 0.6 is 0 Å². The molecule has 1 saturated heterocycles. The molecule has 3 rings (SSSR count). The third kappa shape index (κ3) is 1.75. The van der Waals surface area contributed by atoms with E-state index in [0.29, 0.717) is 11.1 Å². The van der Waals surface area contributed by atoms with Crippen LogP contribution in [0.4, 0.5) is 13.2 Å². The van der Waals surface area contributed by atoms with Crippen molar-refractivity contribution in [2.75, 3.05) is 0 Å². The highest BCUT2D eigenvalue weighted by Gasteiger charge is 2.82. The van der Waals surface area contributed by atoms with Crippen LogP contribution in [0.3, 0.4) is 0 Å². The van der Waals surface area contributed by atoms with Crippen LogP contribution in [0.25, 0.3) is 0 Å². The van der Waals surface area contributed by atoms with Gasteiger partial charge < -0.3 is 4.74 Å². The topological polar surface area (TPSA) is 12.5 Å². The highest BCUT2D eigenvalue weighted by atomic mass is 19.4. The summed E-state index contributed by atoms with van der Waals surface area (Å²) >= 11 is 0. The lowest BCUT2D eigenvalue weighted by atomic mass is 9.80. The maximum Gasteiger partial charge on any atom is 0.424 e. The summed E-state index contributed by atoms with van der Waals surface area (Å²) in [6.07, 6.45) is -3.69. The van der Waals surface area contributed by atoms with Crippen LogP contribution in [0.1, 0.15) is 11.1 Å². The Labute approximate surface area is 120 Å². The van der Waals surface area contributed by atoms with Crippen molar-refractivity contribution in [3.63, 3.8) is 0 Å². The zero-order chi connectivity index (χ0) is 15.1. The van der Waals surface area contributed by atoms with Crippen molar-refractivity contribution < 1.29 is 17.9 Å². The first-order valence-corrected chi connectivity index (χ1v) is 6.49. The minimum absolute atomic E-state index is 0.466. The molecule has 2 aromatic rings. The van der Waals surface area contributed by atoms with Crippen LogP contribution in [-0.2, 0) is 10.3 Å². The fraction of sp³-hybridized carbons (Fsp3) is 0.176. The molecule has 0 amide bonds. The van der Waals surface area contributed by atoms with E-state index in [1.165, 1.54) is 0 Å². The summed E-state index contributed by atoms with van der Waals surface area (Å²) in [4.78, 5) is 0. The van der Waals surface area contributed by atoms with Gasteiger partial charge in [0.2, 0.25) is 5.60 Å². The standard InChI is InChI=1S/C17H13F3O/c1-2-15(17(18,19)20)16(21-15,13-9-5-3-6-10-13)14-11-7-4-8-12-14/h2-12H,1H2. The van der Waals surface area contributed by atoms with Crippen molar-refractivity contribution in [2.45, 2.75) is 17.4 Å². The summed E-state index contributed by atoms with van der Waals surface area (Å²) in [5, 5.41) is 0. The van der Waals surface area contributed by atoms with Gasteiger partial charge in [-0.3, -0.25) is 0 Å². The number of rotatable bonds is 3. The van der Waals surface area contributed by atoms with Gasteiger partial charge in [-0.1, -0.05) is 67.2 Å².